The van der Waals surface area contributed by atoms with E-state index in [2.05, 4.69) is 9.99 Å². The minimum atomic E-state index is -9.61. The van der Waals surface area contributed by atoms with E-state index in [0.29, 0.717) is 0 Å². The van der Waals surface area contributed by atoms with Crippen molar-refractivity contribution in [3.8, 4) is 0 Å². The quantitative estimate of drug-likeness (QED) is 0.183. The van der Waals surface area contributed by atoms with E-state index in [-0.39, 0.29) is 5.56 Å². The molecule has 0 aromatic heterocycles. The molecule has 0 saturated heterocycles. The Hall–Kier alpha value is -3.06. The highest BCUT2D eigenvalue weighted by molar-refractivity contribution is 6.01. The van der Waals surface area contributed by atoms with Crippen molar-refractivity contribution in [2.45, 2.75) is 90.3 Å². The summed E-state index contributed by atoms with van der Waals surface area (Å²) in [6.07, 6.45) is -14.8. The molecular formula is C22H10F25NO. The predicted molar refractivity (Wildman–Crippen MR) is 108 cm³/mol. The van der Waals surface area contributed by atoms with Gasteiger partial charge in [0.05, 0.1) is 12.1 Å². The molecule has 27 heteroatoms. The topological polar surface area (TPSA) is 21.6 Å². The summed E-state index contributed by atoms with van der Waals surface area (Å²) in [6, 6.07) is 6.13. The van der Waals surface area contributed by atoms with Crippen molar-refractivity contribution in [3.05, 3.63) is 35.9 Å². The van der Waals surface area contributed by atoms with Crippen molar-refractivity contribution in [1.29, 1.82) is 0 Å². The second-order valence-corrected chi connectivity index (χ2v) is 9.99. The van der Waals surface area contributed by atoms with Gasteiger partial charge in [0.15, 0.2) is 0 Å². The smallest absolute Gasteiger partial charge is 0.392 e. The molecule has 0 bridgehead atoms. The minimum absolute atomic E-state index is 0.0398. The predicted octanol–water partition coefficient (Wildman–Crippen LogP) is 10.1. The van der Waals surface area contributed by atoms with Crippen molar-refractivity contribution in [2.75, 3.05) is 0 Å². The first-order chi connectivity index (χ1) is 21.3. The van der Waals surface area contributed by atoms with Crippen LogP contribution in [0, 0.1) is 0 Å². The van der Waals surface area contributed by atoms with Gasteiger partial charge in [-0.3, -0.25) is 0 Å². The van der Waals surface area contributed by atoms with E-state index < -0.39 is 96.0 Å². The maximum atomic E-state index is 14.3. The summed E-state index contributed by atoms with van der Waals surface area (Å²) >= 11 is 0. The Morgan fingerprint density at radius 2 is 0.755 bits per heavy atom. The summed E-state index contributed by atoms with van der Waals surface area (Å²) in [4.78, 5) is 4.19. The number of alkyl halides is 25. The second kappa shape index (κ2) is 11.5. The fourth-order valence-electron chi connectivity index (χ4n) is 3.74. The van der Waals surface area contributed by atoms with Crippen molar-refractivity contribution >= 4 is 5.71 Å². The van der Waals surface area contributed by atoms with E-state index in [9.17, 15) is 110 Å². The van der Waals surface area contributed by atoms with Crippen LogP contribution in [-0.4, -0.2) is 83.1 Å². The SMILES string of the molecule is FC(F)(F)C(F)(F)C(F)(F)C(F)(F)C(F)(F)C(F)(F)C(F)(F)C(F)(F)C(F)(F)C(F)(F)C(F)(F)C(F)(F)CC1CC(c2ccccc2)=NO1. The van der Waals surface area contributed by atoms with Crippen LogP contribution < -0.4 is 0 Å². The Morgan fingerprint density at radius 1 is 0.449 bits per heavy atom. The van der Waals surface area contributed by atoms with Crippen LogP contribution in [0.5, 0.6) is 0 Å². The van der Waals surface area contributed by atoms with E-state index in [1.54, 1.807) is 0 Å². The van der Waals surface area contributed by atoms with E-state index in [4.69, 9.17) is 0 Å². The zero-order valence-corrected chi connectivity index (χ0v) is 22.2. The Labute approximate surface area is 252 Å². The number of hydrogen-bond donors (Lipinski definition) is 0. The van der Waals surface area contributed by atoms with Crippen LogP contribution in [0.2, 0.25) is 0 Å². The molecule has 2 rings (SSSR count). The third-order valence-corrected chi connectivity index (χ3v) is 6.69. The average molecular weight is 779 g/mol. The summed E-state index contributed by atoms with van der Waals surface area (Å²) in [5.74, 6) is -98.6. The standard InChI is InChI=1S/C22H10F25NO/c23-11(24,7-9-6-10(48-49-9)8-4-2-1-3-5-8)12(25,26)13(27,28)14(29,30)15(31,32)16(33,34)17(35,36)18(37,38)19(39,40)20(41,42)21(43,44)22(45,46)47/h1-5,9H,6-7H2. The van der Waals surface area contributed by atoms with Crippen LogP contribution in [0.3, 0.4) is 0 Å². The molecule has 0 aliphatic carbocycles. The van der Waals surface area contributed by atoms with Gasteiger partial charge in [-0.25, -0.2) is 0 Å². The van der Waals surface area contributed by atoms with Crippen LogP contribution in [0.15, 0.2) is 35.5 Å². The third kappa shape index (κ3) is 5.57. The molecule has 1 aliphatic heterocycles. The van der Waals surface area contributed by atoms with Gasteiger partial charge in [0, 0.05) is 6.42 Å². The van der Waals surface area contributed by atoms with E-state index in [1.165, 1.54) is 18.2 Å². The van der Waals surface area contributed by atoms with Crippen molar-refractivity contribution in [2.24, 2.45) is 5.16 Å². The number of nitrogens with zero attached hydrogens (tertiary/aromatic N) is 1. The fraction of sp³-hybridized carbons (Fsp3) is 0.682. The molecule has 1 aliphatic rings. The van der Waals surface area contributed by atoms with Crippen LogP contribution in [0.4, 0.5) is 110 Å². The lowest BCUT2D eigenvalue weighted by atomic mass is 9.84. The van der Waals surface area contributed by atoms with Crippen LogP contribution in [-0.2, 0) is 4.84 Å². The lowest BCUT2D eigenvalue weighted by molar-refractivity contribution is -0.482. The van der Waals surface area contributed by atoms with Crippen LogP contribution in [0.1, 0.15) is 18.4 Å². The summed E-state index contributed by atoms with van der Waals surface area (Å²) in [5.41, 5.74) is -0.478. The zero-order valence-electron chi connectivity index (χ0n) is 22.2. The molecule has 0 radical (unpaired) electrons. The molecule has 1 aromatic carbocycles. The summed E-state index contributed by atoms with van der Waals surface area (Å²) in [7, 11) is 0. The summed E-state index contributed by atoms with van der Waals surface area (Å²) in [5, 5.41) is 3.06. The number of hydrogen-bond acceptors (Lipinski definition) is 2. The highest BCUT2D eigenvalue weighted by atomic mass is 19.4. The monoisotopic (exact) mass is 779 g/mol. The lowest BCUT2D eigenvalue weighted by Crippen LogP contribution is -2.78. The number of rotatable bonds is 13. The molecule has 1 aromatic rings. The Morgan fingerprint density at radius 3 is 1.08 bits per heavy atom. The molecule has 0 N–H and O–H groups in total. The normalized spacial score (nSPS) is 18.8. The molecule has 0 amide bonds. The number of benzene rings is 1. The third-order valence-electron chi connectivity index (χ3n) is 6.69. The zero-order chi connectivity index (χ0) is 39.1. The van der Waals surface area contributed by atoms with Gasteiger partial charge in [0.1, 0.15) is 6.10 Å². The second-order valence-electron chi connectivity index (χ2n) is 9.99. The molecule has 0 spiro atoms. The van der Waals surface area contributed by atoms with Crippen molar-refractivity contribution in [1.82, 2.24) is 0 Å². The van der Waals surface area contributed by atoms with E-state index >= 15 is 0 Å². The first-order valence-corrected chi connectivity index (χ1v) is 11.8. The molecule has 284 valence electrons. The molecule has 0 fully saturated rings. The lowest BCUT2D eigenvalue weighted by Gasteiger charge is -2.45. The Bertz CT molecular complexity index is 1380. The van der Waals surface area contributed by atoms with E-state index in [1.807, 2.05) is 0 Å². The van der Waals surface area contributed by atoms with Gasteiger partial charge in [-0.2, -0.15) is 110 Å². The van der Waals surface area contributed by atoms with Crippen LogP contribution in [0.25, 0.3) is 0 Å². The van der Waals surface area contributed by atoms with Gasteiger partial charge >= 0.3 is 71.3 Å². The first-order valence-electron chi connectivity index (χ1n) is 11.8. The molecule has 1 heterocycles. The highest BCUT2D eigenvalue weighted by Gasteiger charge is 2.99. The number of oxime groups is 1. The van der Waals surface area contributed by atoms with Gasteiger partial charge in [0.2, 0.25) is 0 Å². The largest absolute Gasteiger partial charge is 0.460 e. The van der Waals surface area contributed by atoms with E-state index in [0.717, 1.165) is 12.1 Å². The molecule has 2 nitrogen and oxygen atoms in total. The maximum Gasteiger partial charge on any atom is 0.460 e. The molecular weight excluding hydrogens is 769 g/mol. The van der Waals surface area contributed by atoms with Gasteiger partial charge in [-0.05, 0) is 5.56 Å². The highest BCUT2D eigenvalue weighted by Crippen LogP contribution is 2.68. The van der Waals surface area contributed by atoms with Gasteiger partial charge in [-0.1, -0.05) is 35.5 Å². The first kappa shape index (κ1) is 42.1. The molecule has 1 atom stereocenters. The molecule has 49 heavy (non-hydrogen) atoms. The Balaban J connectivity index is 2.56. The van der Waals surface area contributed by atoms with Gasteiger partial charge in [-0.15, -0.1) is 0 Å². The van der Waals surface area contributed by atoms with Gasteiger partial charge in [0.25, 0.3) is 0 Å². The van der Waals surface area contributed by atoms with Crippen molar-refractivity contribution < 1.29 is 115 Å². The summed E-state index contributed by atoms with van der Waals surface area (Å²) < 4.78 is 340. The maximum absolute atomic E-state index is 14.3. The number of halogens is 25. The van der Waals surface area contributed by atoms with Crippen LogP contribution >= 0.6 is 0 Å². The molecule has 0 saturated carbocycles. The minimum Gasteiger partial charge on any atom is -0.392 e. The Kier molecular flexibility index (Phi) is 9.86. The summed E-state index contributed by atoms with van der Waals surface area (Å²) in [6.45, 7) is 0. The fourth-order valence-corrected chi connectivity index (χ4v) is 3.74. The van der Waals surface area contributed by atoms with Crippen molar-refractivity contribution in [3.63, 3.8) is 0 Å². The molecule has 1 unspecified atom stereocenters. The average Bonchev–Trinajstić information content (AvgIpc) is 3.39. The van der Waals surface area contributed by atoms with Gasteiger partial charge < -0.3 is 4.84 Å².